The van der Waals surface area contributed by atoms with Crippen molar-refractivity contribution < 1.29 is 9.53 Å². The predicted molar refractivity (Wildman–Crippen MR) is 133 cm³/mol. The van der Waals surface area contributed by atoms with Crippen LogP contribution in [0.15, 0.2) is 53.5 Å². The van der Waals surface area contributed by atoms with E-state index in [-0.39, 0.29) is 17.5 Å². The first-order valence-electron chi connectivity index (χ1n) is 11.7. The summed E-state index contributed by atoms with van der Waals surface area (Å²) in [6.07, 6.45) is 4.76. The van der Waals surface area contributed by atoms with Crippen molar-refractivity contribution in [1.29, 1.82) is 0 Å². The maximum absolute atomic E-state index is 13.4. The number of fused-ring (bicyclic) bond motifs is 1. The van der Waals surface area contributed by atoms with E-state index in [0.29, 0.717) is 35.0 Å². The monoisotopic (exact) mass is 447 g/mol. The van der Waals surface area contributed by atoms with Crippen LogP contribution in [0.5, 0.6) is 5.75 Å². The molecule has 1 aliphatic rings. The highest BCUT2D eigenvalue weighted by atomic mass is 16.5. The molecule has 0 atom stereocenters. The van der Waals surface area contributed by atoms with E-state index in [9.17, 15) is 9.59 Å². The normalized spacial score (nSPS) is 13.6. The van der Waals surface area contributed by atoms with Crippen LogP contribution in [0, 0.1) is 6.92 Å². The summed E-state index contributed by atoms with van der Waals surface area (Å²) in [7, 11) is 2.11. The number of amides is 1. The van der Waals surface area contributed by atoms with Gasteiger partial charge in [0.1, 0.15) is 5.75 Å². The van der Waals surface area contributed by atoms with Gasteiger partial charge in [0.25, 0.3) is 11.5 Å². The van der Waals surface area contributed by atoms with Gasteiger partial charge in [-0.1, -0.05) is 12.1 Å². The number of carbonyl (C=O) groups is 1. The predicted octanol–water partition coefficient (Wildman–Crippen LogP) is 4.30. The van der Waals surface area contributed by atoms with Crippen molar-refractivity contribution >= 4 is 16.7 Å². The number of nitrogens with zero attached hydrogens (tertiary/aromatic N) is 2. The summed E-state index contributed by atoms with van der Waals surface area (Å²) >= 11 is 0. The van der Waals surface area contributed by atoms with Crippen molar-refractivity contribution in [2.75, 3.05) is 20.2 Å². The van der Waals surface area contributed by atoms with E-state index in [1.54, 1.807) is 16.8 Å². The Kier molecular flexibility index (Phi) is 6.84. The molecule has 1 fully saturated rings. The number of pyridine rings is 1. The van der Waals surface area contributed by atoms with Crippen LogP contribution in [-0.2, 0) is 0 Å². The van der Waals surface area contributed by atoms with Crippen LogP contribution >= 0.6 is 0 Å². The third kappa shape index (κ3) is 5.45. The minimum absolute atomic E-state index is 0.0913. The van der Waals surface area contributed by atoms with E-state index in [1.165, 1.54) is 0 Å². The zero-order valence-electron chi connectivity index (χ0n) is 19.9. The molecule has 3 aromatic rings. The summed E-state index contributed by atoms with van der Waals surface area (Å²) in [6.45, 7) is 7.85. The molecule has 6 heteroatoms. The van der Waals surface area contributed by atoms with E-state index in [0.717, 1.165) is 36.8 Å². The summed E-state index contributed by atoms with van der Waals surface area (Å²) in [5.74, 6) is 0.602. The first-order chi connectivity index (χ1) is 15.8. The number of hydrogen-bond donors (Lipinski definition) is 1. The average Bonchev–Trinajstić information content (AvgIpc) is 3.61. The molecule has 174 valence electrons. The zero-order valence-corrected chi connectivity index (χ0v) is 19.9. The quantitative estimate of drug-likeness (QED) is 0.497. The number of ether oxygens (including phenoxy) is 1. The highest BCUT2D eigenvalue weighted by Gasteiger charge is 2.24. The Labute approximate surface area is 195 Å². The van der Waals surface area contributed by atoms with E-state index in [1.807, 2.05) is 43.3 Å². The number of aryl methyl sites for hydroxylation is 1. The van der Waals surface area contributed by atoms with Gasteiger partial charge in [-0.05, 0) is 88.4 Å². The Morgan fingerprint density at radius 1 is 1.18 bits per heavy atom. The van der Waals surface area contributed by atoms with Crippen molar-refractivity contribution in [3.05, 3.63) is 70.1 Å². The number of hydrogen-bond acceptors (Lipinski definition) is 4. The maximum atomic E-state index is 13.4. The highest BCUT2D eigenvalue weighted by molar-refractivity contribution is 5.95. The Balaban J connectivity index is 1.57. The molecule has 6 nitrogen and oxygen atoms in total. The van der Waals surface area contributed by atoms with Gasteiger partial charge in [-0.3, -0.25) is 14.2 Å². The Morgan fingerprint density at radius 3 is 2.70 bits per heavy atom. The molecule has 1 heterocycles. The second kappa shape index (κ2) is 9.79. The minimum atomic E-state index is -0.125. The van der Waals surface area contributed by atoms with Gasteiger partial charge in [-0.25, -0.2) is 0 Å². The summed E-state index contributed by atoms with van der Waals surface area (Å²) in [4.78, 5) is 28.2. The molecule has 2 aromatic carbocycles. The molecule has 1 aliphatic carbocycles. The molecule has 1 N–H and O–H groups in total. The summed E-state index contributed by atoms with van der Waals surface area (Å²) in [6, 6.07) is 13.9. The second-order valence-electron chi connectivity index (χ2n) is 9.27. The van der Waals surface area contributed by atoms with E-state index >= 15 is 0 Å². The molecular formula is C27H33N3O3. The SMILES string of the molecule is Cc1ccc(C(=O)NC2CC2)cc1-n1ccc2ccc(OCCCN(C)C(C)C)cc2c1=O. The molecular weight excluding hydrogens is 414 g/mol. The molecule has 0 aliphatic heterocycles. The number of nitrogens with one attached hydrogen (secondary N) is 1. The molecule has 0 radical (unpaired) electrons. The Hall–Kier alpha value is -3.12. The van der Waals surface area contributed by atoms with Gasteiger partial charge >= 0.3 is 0 Å². The summed E-state index contributed by atoms with van der Waals surface area (Å²) < 4.78 is 7.55. The third-order valence-electron chi connectivity index (χ3n) is 6.33. The van der Waals surface area contributed by atoms with Crippen molar-refractivity contribution in [2.24, 2.45) is 0 Å². The van der Waals surface area contributed by atoms with E-state index < -0.39 is 0 Å². The second-order valence-corrected chi connectivity index (χ2v) is 9.27. The lowest BCUT2D eigenvalue weighted by Crippen LogP contribution is -2.28. The number of aromatic nitrogens is 1. The molecule has 1 saturated carbocycles. The van der Waals surface area contributed by atoms with Crippen LogP contribution in [0.25, 0.3) is 16.5 Å². The Morgan fingerprint density at radius 2 is 1.97 bits per heavy atom. The molecule has 33 heavy (non-hydrogen) atoms. The van der Waals surface area contributed by atoms with Crippen LogP contribution in [0.4, 0.5) is 0 Å². The zero-order chi connectivity index (χ0) is 23.5. The largest absolute Gasteiger partial charge is 0.494 e. The van der Waals surface area contributed by atoms with E-state index in [4.69, 9.17) is 4.74 Å². The molecule has 0 unspecified atom stereocenters. The maximum Gasteiger partial charge on any atom is 0.263 e. The van der Waals surface area contributed by atoms with Gasteiger partial charge in [0.05, 0.1) is 17.7 Å². The average molecular weight is 448 g/mol. The molecule has 0 bridgehead atoms. The van der Waals surface area contributed by atoms with Gasteiger partial charge in [-0.2, -0.15) is 0 Å². The van der Waals surface area contributed by atoms with Gasteiger partial charge in [0.2, 0.25) is 0 Å². The van der Waals surface area contributed by atoms with Crippen LogP contribution in [0.3, 0.4) is 0 Å². The fraction of sp³-hybridized carbons (Fsp3) is 0.407. The molecule has 1 amide bonds. The molecule has 4 rings (SSSR count). The summed E-state index contributed by atoms with van der Waals surface area (Å²) in [5, 5.41) is 4.47. The van der Waals surface area contributed by atoms with E-state index in [2.05, 4.69) is 31.1 Å². The molecule has 0 saturated heterocycles. The van der Waals surface area contributed by atoms with Crippen molar-refractivity contribution in [2.45, 2.75) is 52.1 Å². The first kappa shape index (κ1) is 23.1. The van der Waals surface area contributed by atoms with Crippen LogP contribution in [0.1, 0.15) is 49.0 Å². The van der Waals surface area contributed by atoms with Crippen molar-refractivity contribution in [1.82, 2.24) is 14.8 Å². The Bertz CT molecular complexity index is 1210. The lowest BCUT2D eigenvalue weighted by atomic mass is 10.1. The smallest absolute Gasteiger partial charge is 0.263 e. The fourth-order valence-corrected chi connectivity index (χ4v) is 3.77. The van der Waals surface area contributed by atoms with Gasteiger partial charge in [0, 0.05) is 30.4 Å². The van der Waals surface area contributed by atoms with Crippen LogP contribution < -0.4 is 15.6 Å². The lowest BCUT2D eigenvalue weighted by molar-refractivity contribution is 0.0951. The fourth-order valence-electron chi connectivity index (χ4n) is 3.77. The van der Waals surface area contributed by atoms with Crippen molar-refractivity contribution in [3.63, 3.8) is 0 Å². The first-order valence-corrected chi connectivity index (χ1v) is 11.7. The van der Waals surface area contributed by atoms with Gasteiger partial charge in [0.15, 0.2) is 0 Å². The molecule has 1 aromatic heterocycles. The van der Waals surface area contributed by atoms with Crippen molar-refractivity contribution in [3.8, 4) is 11.4 Å². The topological polar surface area (TPSA) is 63.6 Å². The third-order valence-corrected chi connectivity index (χ3v) is 6.33. The number of benzene rings is 2. The number of carbonyl (C=O) groups excluding carboxylic acids is 1. The van der Waals surface area contributed by atoms with Crippen LogP contribution in [-0.4, -0.2) is 47.7 Å². The standard InChI is InChI=1S/C27H33N3O3/c1-18(2)29(4)13-5-15-33-23-11-8-20-12-14-30(27(32)24(20)17-23)25-16-21(7-6-19(25)3)26(31)28-22-9-10-22/h6-8,11-12,14,16-18,22H,5,9-10,13,15H2,1-4H3,(H,28,31). The molecule has 0 spiro atoms. The van der Waals surface area contributed by atoms with Gasteiger partial charge < -0.3 is 15.0 Å². The summed E-state index contributed by atoms with van der Waals surface area (Å²) in [5.41, 5.74) is 2.09. The lowest BCUT2D eigenvalue weighted by Gasteiger charge is -2.20. The minimum Gasteiger partial charge on any atom is -0.494 e. The van der Waals surface area contributed by atoms with Gasteiger partial charge in [-0.15, -0.1) is 0 Å². The van der Waals surface area contributed by atoms with Crippen LogP contribution in [0.2, 0.25) is 0 Å². The highest BCUT2D eigenvalue weighted by Crippen LogP contribution is 2.22. The number of rotatable bonds is 9.